The average Bonchev–Trinajstić information content (AvgIpc) is 3.51. The number of benzene rings is 1. The predicted molar refractivity (Wildman–Crippen MR) is 146 cm³/mol. The Morgan fingerprint density at radius 1 is 1.32 bits per heavy atom. The lowest BCUT2D eigenvalue weighted by molar-refractivity contribution is -0.126. The van der Waals surface area contributed by atoms with Crippen molar-refractivity contribution in [2.75, 3.05) is 25.1 Å². The summed E-state index contributed by atoms with van der Waals surface area (Å²) in [6.45, 7) is 5.16. The Labute approximate surface area is 230 Å². The Bertz CT molecular complexity index is 1340. The van der Waals surface area contributed by atoms with Gasteiger partial charge in [0, 0.05) is 41.8 Å². The molecule has 5 rings (SSSR count). The van der Waals surface area contributed by atoms with E-state index in [2.05, 4.69) is 20.6 Å². The Kier molecular flexibility index (Phi) is 7.94. The van der Waals surface area contributed by atoms with E-state index in [0.717, 1.165) is 28.8 Å². The average molecular weight is 556 g/mol. The maximum Gasteiger partial charge on any atom is 0.255 e. The topological polar surface area (TPSA) is 117 Å². The number of amides is 2. The number of aromatic nitrogens is 2. The first-order valence-electron chi connectivity index (χ1n) is 12.6. The summed E-state index contributed by atoms with van der Waals surface area (Å²) >= 11 is 8.01. The molecule has 2 atom stereocenters. The van der Waals surface area contributed by atoms with Crippen molar-refractivity contribution >= 4 is 40.7 Å². The standard InChI is InChI=1S/C27H30ClN5O4S/c1-15-9-19(14-38-15)23(13-34)31-25(35)16(2)33-12-18-4-3-17(10-21(18)26(33)36)24-22(28)11-29-27(32-24)30-20-5-7-37-8-6-20/h3-4,9-11,14,16,20,23,34H,5-8,12-13H2,1-2H3,(H,31,35)(H,29,30,32)/t16-,23-/m1/s1. The summed E-state index contributed by atoms with van der Waals surface area (Å²) in [4.78, 5) is 38.0. The molecule has 200 valence electrons. The summed E-state index contributed by atoms with van der Waals surface area (Å²) in [7, 11) is 0. The van der Waals surface area contributed by atoms with Gasteiger partial charge in [0.2, 0.25) is 11.9 Å². The van der Waals surface area contributed by atoms with Crippen LogP contribution in [0.5, 0.6) is 0 Å². The Morgan fingerprint density at radius 3 is 2.82 bits per heavy atom. The number of hydrogen-bond acceptors (Lipinski definition) is 8. The van der Waals surface area contributed by atoms with E-state index >= 15 is 0 Å². The molecule has 0 unspecified atom stereocenters. The number of thiophene rings is 1. The van der Waals surface area contributed by atoms with E-state index in [9.17, 15) is 14.7 Å². The molecule has 3 aromatic rings. The highest BCUT2D eigenvalue weighted by Crippen LogP contribution is 2.32. The van der Waals surface area contributed by atoms with Gasteiger partial charge in [0.15, 0.2) is 0 Å². The van der Waals surface area contributed by atoms with Gasteiger partial charge in [-0.3, -0.25) is 9.59 Å². The number of aryl methyl sites for hydroxylation is 1. The van der Waals surface area contributed by atoms with Gasteiger partial charge in [-0.25, -0.2) is 9.97 Å². The SMILES string of the molecule is Cc1cc([C@@H](CO)NC(=O)[C@@H](C)N2Cc3ccc(-c4nc(NC5CCOCC5)ncc4Cl)cc3C2=O)cs1. The van der Waals surface area contributed by atoms with Crippen LogP contribution in [0.15, 0.2) is 35.8 Å². The van der Waals surface area contributed by atoms with E-state index in [-0.39, 0.29) is 24.5 Å². The summed E-state index contributed by atoms with van der Waals surface area (Å²) in [6.07, 6.45) is 3.32. The van der Waals surface area contributed by atoms with Crippen molar-refractivity contribution < 1.29 is 19.4 Å². The van der Waals surface area contributed by atoms with Gasteiger partial charge in [0.25, 0.3) is 5.91 Å². The molecule has 2 aromatic heterocycles. The number of hydrogen-bond donors (Lipinski definition) is 3. The smallest absolute Gasteiger partial charge is 0.255 e. The van der Waals surface area contributed by atoms with Crippen LogP contribution < -0.4 is 10.6 Å². The highest BCUT2D eigenvalue weighted by atomic mass is 35.5. The van der Waals surface area contributed by atoms with E-state index in [0.29, 0.717) is 47.6 Å². The number of fused-ring (bicyclic) bond motifs is 1. The fourth-order valence-electron chi connectivity index (χ4n) is 4.76. The van der Waals surface area contributed by atoms with Crippen molar-refractivity contribution in [3.05, 3.63) is 62.4 Å². The van der Waals surface area contributed by atoms with Crippen LogP contribution in [-0.4, -0.2) is 63.7 Å². The summed E-state index contributed by atoms with van der Waals surface area (Å²) in [5.41, 5.74) is 3.43. The molecule has 2 aliphatic rings. The zero-order chi connectivity index (χ0) is 26.8. The van der Waals surface area contributed by atoms with Crippen LogP contribution in [0.4, 0.5) is 5.95 Å². The Hall–Kier alpha value is -3.05. The molecule has 1 aromatic carbocycles. The molecule has 2 amide bonds. The number of nitrogens with zero attached hydrogens (tertiary/aromatic N) is 3. The molecule has 11 heteroatoms. The van der Waals surface area contributed by atoms with Crippen LogP contribution in [0.1, 0.15) is 52.2 Å². The largest absolute Gasteiger partial charge is 0.394 e. The summed E-state index contributed by atoms with van der Waals surface area (Å²) in [5.74, 6) is -0.0755. The summed E-state index contributed by atoms with van der Waals surface area (Å²) < 4.78 is 5.41. The van der Waals surface area contributed by atoms with Crippen LogP contribution in [0.25, 0.3) is 11.3 Å². The lowest BCUT2D eigenvalue weighted by Crippen LogP contribution is -2.46. The molecule has 1 saturated heterocycles. The van der Waals surface area contributed by atoms with Crippen molar-refractivity contribution in [2.24, 2.45) is 0 Å². The zero-order valence-corrected chi connectivity index (χ0v) is 22.8. The number of carbonyl (C=O) groups excluding carboxylic acids is 2. The lowest BCUT2D eigenvalue weighted by Gasteiger charge is -2.25. The highest BCUT2D eigenvalue weighted by molar-refractivity contribution is 7.10. The molecular formula is C27H30ClN5O4S. The van der Waals surface area contributed by atoms with E-state index in [1.165, 1.54) is 4.90 Å². The van der Waals surface area contributed by atoms with Crippen molar-refractivity contribution in [2.45, 2.75) is 51.4 Å². The van der Waals surface area contributed by atoms with Gasteiger partial charge in [-0.2, -0.15) is 0 Å². The minimum absolute atomic E-state index is 0.225. The van der Waals surface area contributed by atoms with Crippen LogP contribution in [0.2, 0.25) is 5.02 Å². The second-order valence-corrected chi connectivity index (χ2v) is 11.2. The van der Waals surface area contributed by atoms with Gasteiger partial charge in [-0.15, -0.1) is 11.3 Å². The molecule has 0 spiro atoms. The number of aliphatic hydroxyl groups excluding tert-OH is 1. The zero-order valence-electron chi connectivity index (χ0n) is 21.2. The normalized spacial score (nSPS) is 17.3. The van der Waals surface area contributed by atoms with Crippen molar-refractivity contribution in [1.82, 2.24) is 20.2 Å². The number of ether oxygens (including phenoxy) is 1. The molecule has 38 heavy (non-hydrogen) atoms. The summed E-state index contributed by atoms with van der Waals surface area (Å²) in [6, 6.07) is 6.47. The van der Waals surface area contributed by atoms with Gasteiger partial charge in [-0.1, -0.05) is 23.7 Å². The molecule has 0 bridgehead atoms. The van der Waals surface area contributed by atoms with Crippen LogP contribution in [0, 0.1) is 6.92 Å². The van der Waals surface area contributed by atoms with Crippen LogP contribution >= 0.6 is 22.9 Å². The fraction of sp³-hybridized carbons (Fsp3) is 0.407. The van der Waals surface area contributed by atoms with Gasteiger partial charge in [0.05, 0.1) is 29.6 Å². The number of nitrogens with one attached hydrogen (secondary N) is 2. The minimum atomic E-state index is -0.718. The minimum Gasteiger partial charge on any atom is -0.394 e. The number of carbonyl (C=O) groups is 2. The second kappa shape index (κ2) is 11.4. The third-order valence-corrected chi connectivity index (χ3v) is 8.17. The van der Waals surface area contributed by atoms with Gasteiger partial charge in [0.1, 0.15) is 6.04 Å². The van der Waals surface area contributed by atoms with Gasteiger partial charge in [-0.05, 0) is 55.3 Å². The van der Waals surface area contributed by atoms with E-state index in [1.54, 1.807) is 30.5 Å². The van der Waals surface area contributed by atoms with E-state index in [1.807, 2.05) is 30.5 Å². The molecular weight excluding hydrogens is 526 g/mol. The molecule has 4 heterocycles. The van der Waals surface area contributed by atoms with Crippen molar-refractivity contribution in [3.8, 4) is 11.3 Å². The third-order valence-electron chi connectivity index (χ3n) is 7.01. The number of halogens is 1. The van der Waals surface area contributed by atoms with Crippen molar-refractivity contribution in [1.29, 1.82) is 0 Å². The lowest BCUT2D eigenvalue weighted by atomic mass is 10.0. The molecule has 0 saturated carbocycles. The molecule has 0 aliphatic carbocycles. The number of aliphatic hydroxyl groups is 1. The third kappa shape index (κ3) is 5.54. The molecule has 0 radical (unpaired) electrons. The summed E-state index contributed by atoms with van der Waals surface area (Å²) in [5, 5.41) is 18.4. The van der Waals surface area contributed by atoms with Gasteiger partial charge >= 0.3 is 0 Å². The quantitative estimate of drug-likeness (QED) is 0.385. The fourth-order valence-corrected chi connectivity index (χ4v) is 5.72. The molecule has 3 N–H and O–H groups in total. The molecule has 2 aliphatic heterocycles. The maximum absolute atomic E-state index is 13.4. The Balaban J connectivity index is 1.31. The second-order valence-electron chi connectivity index (χ2n) is 9.64. The number of anilines is 1. The van der Waals surface area contributed by atoms with Crippen LogP contribution in [0.3, 0.4) is 0 Å². The van der Waals surface area contributed by atoms with Crippen LogP contribution in [-0.2, 0) is 16.1 Å². The molecule has 1 fully saturated rings. The number of rotatable bonds is 8. The first-order chi connectivity index (χ1) is 18.3. The highest BCUT2D eigenvalue weighted by Gasteiger charge is 2.35. The van der Waals surface area contributed by atoms with E-state index in [4.69, 9.17) is 16.3 Å². The monoisotopic (exact) mass is 555 g/mol. The predicted octanol–water partition coefficient (Wildman–Crippen LogP) is 3.95. The van der Waals surface area contributed by atoms with Gasteiger partial charge < -0.3 is 25.4 Å². The Morgan fingerprint density at radius 2 is 2.11 bits per heavy atom. The first kappa shape index (κ1) is 26.6. The first-order valence-corrected chi connectivity index (χ1v) is 13.9. The van der Waals surface area contributed by atoms with Crippen molar-refractivity contribution in [3.63, 3.8) is 0 Å². The van der Waals surface area contributed by atoms with E-state index < -0.39 is 12.1 Å². The molecule has 9 nitrogen and oxygen atoms in total. The maximum atomic E-state index is 13.4.